The van der Waals surface area contributed by atoms with Crippen molar-refractivity contribution in [3.05, 3.63) is 57.6 Å². The molecule has 1 amide bonds. The zero-order chi connectivity index (χ0) is 26.5. The number of aromatic hydroxyl groups is 1. The van der Waals surface area contributed by atoms with Crippen LogP contribution < -0.4 is 10.6 Å². The van der Waals surface area contributed by atoms with Crippen LogP contribution in [0.5, 0.6) is 5.75 Å². The normalized spacial score (nSPS) is 27.9. The molecule has 1 aromatic carbocycles. The summed E-state index contributed by atoms with van der Waals surface area (Å²) in [6, 6.07) is 2.13. The van der Waals surface area contributed by atoms with Gasteiger partial charge in [-0.05, 0) is 57.1 Å². The molecule has 0 saturated carbocycles. The highest BCUT2D eigenvalue weighted by atomic mass is 16.3. The molecule has 36 heavy (non-hydrogen) atoms. The number of nitrogens with zero attached hydrogens (tertiary/aromatic N) is 1. The van der Waals surface area contributed by atoms with Crippen molar-refractivity contribution in [2.45, 2.75) is 24.5 Å². The third-order valence-corrected chi connectivity index (χ3v) is 7.47. The number of allylic oxidation sites excluding steroid dienone is 1. The van der Waals surface area contributed by atoms with E-state index in [1.807, 2.05) is 12.2 Å². The molecule has 0 radical (unpaired) electrons. The van der Waals surface area contributed by atoms with Crippen LogP contribution in [-0.2, 0) is 16.0 Å². The molecule has 6 N–H and O–H groups in total. The highest BCUT2D eigenvalue weighted by molar-refractivity contribution is 6.25. The summed E-state index contributed by atoms with van der Waals surface area (Å²) in [5, 5.41) is 49.8. The number of carbonyl (C=O) groups is 3. The van der Waals surface area contributed by atoms with Gasteiger partial charge in [-0.2, -0.15) is 0 Å². The van der Waals surface area contributed by atoms with Crippen LogP contribution in [0.25, 0.3) is 6.08 Å². The summed E-state index contributed by atoms with van der Waals surface area (Å²) in [5.74, 6) is -5.97. The molecule has 10 nitrogen and oxygen atoms in total. The molecule has 0 saturated heterocycles. The van der Waals surface area contributed by atoms with Gasteiger partial charge in [0.25, 0.3) is 5.91 Å². The molecule has 0 bridgehead atoms. The number of likely N-dealkylation sites (N-methyl/N-ethyl adjacent to an activating group) is 3. The second kappa shape index (κ2) is 9.20. The van der Waals surface area contributed by atoms with Crippen LogP contribution in [-0.4, -0.2) is 89.2 Å². The quantitative estimate of drug-likeness (QED) is 0.321. The molecule has 10 heteroatoms. The Morgan fingerprint density at radius 2 is 1.89 bits per heavy atom. The number of rotatable bonds is 5. The van der Waals surface area contributed by atoms with Gasteiger partial charge in [-0.15, -0.1) is 0 Å². The molecule has 0 aromatic heterocycles. The van der Waals surface area contributed by atoms with Gasteiger partial charge < -0.3 is 31.1 Å². The fourth-order valence-corrected chi connectivity index (χ4v) is 5.84. The van der Waals surface area contributed by atoms with Gasteiger partial charge in [0, 0.05) is 25.1 Å². The number of fused-ring (bicyclic) bond motifs is 3. The molecule has 4 rings (SSSR count). The van der Waals surface area contributed by atoms with Crippen molar-refractivity contribution in [1.82, 2.24) is 15.5 Å². The lowest BCUT2D eigenvalue weighted by Crippen LogP contribution is -2.63. The van der Waals surface area contributed by atoms with Crippen molar-refractivity contribution in [1.29, 1.82) is 0 Å². The average molecular weight is 498 g/mol. The fraction of sp³-hybridized carbons (Fsp3) is 0.423. The standard InChI is InChI=1S/C26H31N3O7/c1-27-9-5-6-12-7-8-16(30)18-14(12)10-13-11-15-20(29(3)4)22(32)19(25(35)28-2)24(34)26(15,36)23(33)17(13)21(18)31/h5-8,13,15,20,27,30,32-33,36H,9-11H2,1-4H3,(H,28,35)/b6-5+/t13-,15-,20-,26-/m0/s1. The predicted octanol–water partition coefficient (Wildman–Crippen LogP) is 0.614. The van der Waals surface area contributed by atoms with Crippen molar-refractivity contribution < 1.29 is 34.8 Å². The van der Waals surface area contributed by atoms with Crippen molar-refractivity contribution in [2.24, 2.45) is 11.8 Å². The van der Waals surface area contributed by atoms with E-state index in [2.05, 4.69) is 10.6 Å². The van der Waals surface area contributed by atoms with Gasteiger partial charge in [-0.3, -0.25) is 19.3 Å². The summed E-state index contributed by atoms with van der Waals surface area (Å²) in [6.45, 7) is 0.597. The SMILES string of the molecule is CNC/C=C/c1ccc(O)c2c1C[C@H]1C[C@H]3[C@H](N(C)C)C(O)=C(C(=O)NC)C(=O)[C@@]3(O)C(O)=C1C2=O. The van der Waals surface area contributed by atoms with Gasteiger partial charge in [-0.1, -0.05) is 18.2 Å². The smallest absolute Gasteiger partial charge is 0.258 e. The summed E-state index contributed by atoms with van der Waals surface area (Å²) in [5.41, 5.74) is -2.06. The van der Waals surface area contributed by atoms with Gasteiger partial charge in [0.05, 0.1) is 11.6 Å². The number of aliphatic hydroxyl groups excluding tert-OH is 2. The number of phenols is 1. The molecule has 192 valence electrons. The molecular weight excluding hydrogens is 466 g/mol. The maximum absolute atomic E-state index is 13.7. The molecule has 0 heterocycles. The summed E-state index contributed by atoms with van der Waals surface area (Å²) in [7, 11) is 6.33. The number of amides is 1. The van der Waals surface area contributed by atoms with Crippen molar-refractivity contribution in [3.63, 3.8) is 0 Å². The van der Waals surface area contributed by atoms with E-state index in [0.29, 0.717) is 12.1 Å². The number of phenolic OH excluding ortho intramolecular Hbond substituents is 1. The van der Waals surface area contributed by atoms with Crippen LogP contribution in [0.2, 0.25) is 0 Å². The minimum Gasteiger partial charge on any atom is -0.510 e. The molecule has 0 spiro atoms. The molecule has 0 aliphatic heterocycles. The fourth-order valence-electron chi connectivity index (χ4n) is 5.84. The van der Waals surface area contributed by atoms with Gasteiger partial charge in [0.1, 0.15) is 22.8 Å². The van der Waals surface area contributed by atoms with E-state index in [4.69, 9.17) is 0 Å². The minimum absolute atomic E-state index is 0.0128. The van der Waals surface area contributed by atoms with E-state index < -0.39 is 58.0 Å². The number of benzene rings is 1. The summed E-state index contributed by atoms with van der Waals surface area (Å²) >= 11 is 0. The van der Waals surface area contributed by atoms with E-state index in [1.54, 1.807) is 32.1 Å². The van der Waals surface area contributed by atoms with Crippen LogP contribution in [0, 0.1) is 11.8 Å². The van der Waals surface area contributed by atoms with E-state index >= 15 is 0 Å². The number of carbonyl (C=O) groups excluding carboxylic acids is 3. The zero-order valence-corrected chi connectivity index (χ0v) is 20.6. The van der Waals surface area contributed by atoms with Crippen LogP contribution in [0.4, 0.5) is 0 Å². The first kappa shape index (κ1) is 25.6. The van der Waals surface area contributed by atoms with Crippen LogP contribution >= 0.6 is 0 Å². The number of hydrogen-bond acceptors (Lipinski definition) is 9. The van der Waals surface area contributed by atoms with Crippen LogP contribution in [0.3, 0.4) is 0 Å². The lowest BCUT2D eigenvalue weighted by Gasteiger charge is -2.50. The van der Waals surface area contributed by atoms with E-state index in [-0.39, 0.29) is 29.7 Å². The summed E-state index contributed by atoms with van der Waals surface area (Å²) in [6.07, 6.45) is 4.06. The number of Topliss-reactive ketones (excluding diaryl/α,β-unsaturated/α-hetero) is 2. The summed E-state index contributed by atoms with van der Waals surface area (Å²) in [4.78, 5) is 41.2. The molecule has 3 aliphatic rings. The Balaban J connectivity index is 1.92. The van der Waals surface area contributed by atoms with E-state index in [1.165, 1.54) is 13.1 Å². The molecule has 0 unspecified atom stereocenters. The topological polar surface area (TPSA) is 159 Å². The lowest BCUT2D eigenvalue weighted by atomic mass is 9.58. The van der Waals surface area contributed by atoms with Gasteiger partial charge in [0.2, 0.25) is 5.78 Å². The average Bonchev–Trinajstić information content (AvgIpc) is 2.82. The van der Waals surface area contributed by atoms with E-state index in [0.717, 1.165) is 5.56 Å². The first-order valence-electron chi connectivity index (χ1n) is 11.7. The molecule has 3 aliphatic carbocycles. The molecule has 0 fully saturated rings. The highest BCUT2D eigenvalue weighted by Gasteiger charge is 2.63. The Labute approximate surface area is 208 Å². The monoisotopic (exact) mass is 497 g/mol. The Morgan fingerprint density at radius 3 is 2.50 bits per heavy atom. The second-order valence-electron chi connectivity index (χ2n) is 9.67. The Bertz CT molecular complexity index is 1250. The Hall–Kier alpha value is -3.47. The molecule has 1 aromatic rings. The zero-order valence-electron chi connectivity index (χ0n) is 20.6. The van der Waals surface area contributed by atoms with Crippen LogP contribution in [0.1, 0.15) is 27.9 Å². The van der Waals surface area contributed by atoms with Gasteiger partial charge in [-0.25, -0.2) is 0 Å². The summed E-state index contributed by atoms with van der Waals surface area (Å²) < 4.78 is 0. The maximum atomic E-state index is 13.7. The number of hydrogen-bond donors (Lipinski definition) is 6. The van der Waals surface area contributed by atoms with Crippen molar-refractivity contribution >= 4 is 23.5 Å². The largest absolute Gasteiger partial charge is 0.510 e. The first-order chi connectivity index (χ1) is 17.0. The molecular formula is C26H31N3O7. The Morgan fingerprint density at radius 1 is 1.19 bits per heavy atom. The first-order valence-corrected chi connectivity index (χ1v) is 11.7. The van der Waals surface area contributed by atoms with Crippen LogP contribution in [0.15, 0.2) is 40.9 Å². The van der Waals surface area contributed by atoms with Crippen molar-refractivity contribution in [2.75, 3.05) is 34.7 Å². The number of aliphatic hydroxyl groups is 3. The van der Waals surface area contributed by atoms with Gasteiger partial charge in [0.15, 0.2) is 11.4 Å². The van der Waals surface area contributed by atoms with E-state index in [9.17, 15) is 34.8 Å². The number of nitrogens with one attached hydrogen (secondary N) is 2. The van der Waals surface area contributed by atoms with Crippen molar-refractivity contribution in [3.8, 4) is 5.75 Å². The van der Waals surface area contributed by atoms with Gasteiger partial charge >= 0.3 is 0 Å². The second-order valence-corrected chi connectivity index (χ2v) is 9.67. The lowest BCUT2D eigenvalue weighted by molar-refractivity contribution is -0.148. The highest BCUT2D eigenvalue weighted by Crippen LogP contribution is 2.52. The predicted molar refractivity (Wildman–Crippen MR) is 132 cm³/mol. The Kier molecular flexibility index (Phi) is 6.54. The third kappa shape index (κ3) is 3.56. The number of ketones is 2. The molecule has 4 atom stereocenters. The third-order valence-electron chi connectivity index (χ3n) is 7.47. The minimum atomic E-state index is -2.60. The maximum Gasteiger partial charge on any atom is 0.258 e.